The van der Waals surface area contributed by atoms with Crippen LogP contribution in [0.1, 0.15) is 51.0 Å². The number of carbonyl (C=O) groups excluding carboxylic acids is 2. The van der Waals surface area contributed by atoms with Crippen molar-refractivity contribution in [2.75, 3.05) is 17.1 Å². The van der Waals surface area contributed by atoms with E-state index >= 15 is 0 Å². The van der Waals surface area contributed by atoms with Gasteiger partial charge in [0, 0.05) is 17.6 Å². The van der Waals surface area contributed by atoms with Gasteiger partial charge in [0.2, 0.25) is 21.8 Å². The Bertz CT molecular complexity index is 1150. The van der Waals surface area contributed by atoms with Crippen molar-refractivity contribution in [1.82, 2.24) is 10.2 Å². The summed E-state index contributed by atoms with van der Waals surface area (Å²) in [7, 11) is -3.88. The number of amides is 2. The SMILES string of the molecule is CC[C@H](C(=O)NC1CCCCC1)N(Cc1ccccc1Cl)C(=O)CN(c1ccc(F)cc1)S(C)(=O)=O. The fourth-order valence-corrected chi connectivity index (χ4v) is 5.54. The highest BCUT2D eigenvalue weighted by atomic mass is 35.5. The Morgan fingerprint density at radius 1 is 1.08 bits per heavy atom. The monoisotopic (exact) mass is 537 g/mol. The van der Waals surface area contributed by atoms with Gasteiger partial charge < -0.3 is 10.2 Å². The molecule has 2 aromatic carbocycles. The number of halogens is 2. The maximum Gasteiger partial charge on any atom is 0.244 e. The van der Waals surface area contributed by atoms with E-state index in [1.807, 2.05) is 6.92 Å². The van der Waals surface area contributed by atoms with E-state index in [0.29, 0.717) is 17.0 Å². The molecule has 196 valence electrons. The van der Waals surface area contributed by atoms with Crippen LogP contribution in [0, 0.1) is 5.82 Å². The van der Waals surface area contributed by atoms with Gasteiger partial charge in [-0.05, 0) is 55.2 Å². The second-order valence-electron chi connectivity index (χ2n) is 9.13. The van der Waals surface area contributed by atoms with Crippen LogP contribution in [0.3, 0.4) is 0 Å². The molecule has 3 rings (SSSR count). The van der Waals surface area contributed by atoms with E-state index in [2.05, 4.69) is 5.32 Å². The Labute approximate surface area is 217 Å². The molecule has 0 aliphatic heterocycles. The van der Waals surface area contributed by atoms with Gasteiger partial charge in [0.25, 0.3) is 0 Å². The van der Waals surface area contributed by atoms with Crippen molar-refractivity contribution in [2.45, 2.75) is 64.1 Å². The van der Waals surface area contributed by atoms with Crippen LogP contribution in [0.2, 0.25) is 5.02 Å². The minimum atomic E-state index is -3.88. The van der Waals surface area contributed by atoms with Crippen LogP contribution in [-0.2, 0) is 26.2 Å². The molecule has 1 atom stereocenters. The zero-order valence-electron chi connectivity index (χ0n) is 20.6. The molecule has 0 heterocycles. The smallest absolute Gasteiger partial charge is 0.244 e. The summed E-state index contributed by atoms with van der Waals surface area (Å²) in [6.07, 6.45) is 6.35. The Kier molecular flexibility index (Phi) is 9.73. The van der Waals surface area contributed by atoms with Crippen molar-refractivity contribution in [3.63, 3.8) is 0 Å². The van der Waals surface area contributed by atoms with Gasteiger partial charge in [-0.25, -0.2) is 12.8 Å². The highest BCUT2D eigenvalue weighted by Crippen LogP contribution is 2.23. The highest BCUT2D eigenvalue weighted by molar-refractivity contribution is 7.92. The van der Waals surface area contributed by atoms with E-state index in [9.17, 15) is 22.4 Å². The zero-order valence-corrected chi connectivity index (χ0v) is 22.2. The first-order valence-corrected chi connectivity index (χ1v) is 14.4. The van der Waals surface area contributed by atoms with Gasteiger partial charge in [-0.1, -0.05) is 56.0 Å². The quantitative estimate of drug-likeness (QED) is 0.483. The Balaban J connectivity index is 1.91. The minimum Gasteiger partial charge on any atom is -0.352 e. The van der Waals surface area contributed by atoms with Crippen LogP contribution >= 0.6 is 11.6 Å². The Hall–Kier alpha value is -2.65. The molecule has 2 amide bonds. The molecule has 0 spiro atoms. The molecule has 0 radical (unpaired) electrons. The van der Waals surface area contributed by atoms with Crippen molar-refractivity contribution in [3.8, 4) is 0 Å². The normalized spacial score (nSPS) is 15.2. The lowest BCUT2D eigenvalue weighted by atomic mass is 9.95. The lowest BCUT2D eigenvalue weighted by molar-refractivity contribution is -0.140. The Morgan fingerprint density at radius 2 is 1.72 bits per heavy atom. The molecule has 0 saturated heterocycles. The van der Waals surface area contributed by atoms with Crippen LogP contribution in [-0.4, -0.2) is 50.0 Å². The predicted octanol–water partition coefficient (Wildman–Crippen LogP) is 4.50. The molecule has 1 N–H and O–H groups in total. The molecule has 0 bridgehead atoms. The van der Waals surface area contributed by atoms with Crippen LogP contribution < -0.4 is 9.62 Å². The zero-order chi connectivity index (χ0) is 26.3. The summed E-state index contributed by atoms with van der Waals surface area (Å²) in [5.41, 5.74) is 0.800. The summed E-state index contributed by atoms with van der Waals surface area (Å²) in [6.45, 7) is 1.31. The van der Waals surface area contributed by atoms with Crippen molar-refractivity contribution in [2.24, 2.45) is 0 Å². The maximum atomic E-state index is 13.7. The number of rotatable bonds is 10. The van der Waals surface area contributed by atoms with Crippen molar-refractivity contribution in [3.05, 3.63) is 64.9 Å². The lowest BCUT2D eigenvalue weighted by Crippen LogP contribution is -2.54. The number of carbonyl (C=O) groups is 2. The first kappa shape index (κ1) is 27.9. The van der Waals surface area contributed by atoms with E-state index in [1.54, 1.807) is 24.3 Å². The van der Waals surface area contributed by atoms with Gasteiger partial charge in [0.05, 0.1) is 11.9 Å². The fraction of sp³-hybridized carbons (Fsp3) is 0.462. The molecule has 1 fully saturated rings. The number of hydrogen-bond acceptors (Lipinski definition) is 4. The third-order valence-corrected chi connectivity index (χ3v) is 7.94. The third kappa shape index (κ3) is 7.43. The summed E-state index contributed by atoms with van der Waals surface area (Å²) in [5, 5.41) is 3.53. The Morgan fingerprint density at radius 3 is 2.31 bits per heavy atom. The minimum absolute atomic E-state index is 0.0378. The topological polar surface area (TPSA) is 86.8 Å². The van der Waals surface area contributed by atoms with Gasteiger partial charge in [-0.3, -0.25) is 13.9 Å². The van der Waals surface area contributed by atoms with E-state index < -0.39 is 34.3 Å². The predicted molar refractivity (Wildman–Crippen MR) is 140 cm³/mol. The second kappa shape index (κ2) is 12.5. The second-order valence-corrected chi connectivity index (χ2v) is 11.4. The standard InChI is InChI=1S/C26H33ClFN3O4S/c1-3-24(26(33)29-21-10-5-4-6-11-21)30(17-19-9-7-8-12-23(19)27)25(32)18-31(36(2,34)35)22-15-13-20(28)14-16-22/h7-9,12-16,21,24H,3-6,10-11,17-18H2,1-2H3,(H,29,33)/t24-/m1/s1. The summed E-state index contributed by atoms with van der Waals surface area (Å²) < 4.78 is 39.5. The lowest BCUT2D eigenvalue weighted by Gasteiger charge is -2.34. The van der Waals surface area contributed by atoms with Crippen LogP contribution in [0.5, 0.6) is 0 Å². The van der Waals surface area contributed by atoms with Crippen molar-refractivity contribution >= 4 is 39.1 Å². The molecule has 1 saturated carbocycles. The van der Waals surface area contributed by atoms with Crippen LogP contribution in [0.4, 0.5) is 10.1 Å². The molecular weight excluding hydrogens is 505 g/mol. The van der Waals surface area contributed by atoms with E-state index in [0.717, 1.165) is 54.8 Å². The summed E-state index contributed by atoms with van der Waals surface area (Å²) in [5.74, 6) is -1.35. The number of sulfonamides is 1. The first-order chi connectivity index (χ1) is 17.1. The van der Waals surface area contributed by atoms with Gasteiger partial charge in [0.1, 0.15) is 18.4 Å². The molecule has 2 aromatic rings. The average Bonchev–Trinajstić information content (AvgIpc) is 2.84. The van der Waals surface area contributed by atoms with Gasteiger partial charge in [0.15, 0.2) is 0 Å². The van der Waals surface area contributed by atoms with Gasteiger partial charge in [-0.2, -0.15) is 0 Å². The number of benzene rings is 2. The number of nitrogens with one attached hydrogen (secondary N) is 1. The maximum absolute atomic E-state index is 13.7. The highest BCUT2D eigenvalue weighted by Gasteiger charge is 2.33. The number of hydrogen-bond donors (Lipinski definition) is 1. The largest absolute Gasteiger partial charge is 0.352 e. The van der Waals surface area contributed by atoms with E-state index in [1.165, 1.54) is 17.0 Å². The van der Waals surface area contributed by atoms with E-state index in [-0.39, 0.29) is 24.2 Å². The average molecular weight is 538 g/mol. The van der Waals surface area contributed by atoms with Crippen molar-refractivity contribution < 1.29 is 22.4 Å². The molecule has 36 heavy (non-hydrogen) atoms. The fourth-order valence-electron chi connectivity index (χ4n) is 4.50. The van der Waals surface area contributed by atoms with Gasteiger partial charge in [-0.15, -0.1) is 0 Å². The number of nitrogens with zero attached hydrogens (tertiary/aromatic N) is 2. The summed E-state index contributed by atoms with van der Waals surface area (Å²) in [6, 6.07) is 11.1. The van der Waals surface area contributed by atoms with E-state index in [4.69, 9.17) is 11.6 Å². The molecule has 0 aromatic heterocycles. The van der Waals surface area contributed by atoms with Crippen molar-refractivity contribution in [1.29, 1.82) is 0 Å². The molecular formula is C26H33ClFN3O4S. The van der Waals surface area contributed by atoms with Gasteiger partial charge >= 0.3 is 0 Å². The molecule has 0 unspecified atom stereocenters. The van der Waals surface area contributed by atoms with Crippen LogP contribution in [0.25, 0.3) is 0 Å². The molecule has 1 aliphatic rings. The molecule has 1 aliphatic carbocycles. The molecule has 10 heteroatoms. The number of anilines is 1. The first-order valence-electron chi connectivity index (χ1n) is 12.2. The third-order valence-electron chi connectivity index (χ3n) is 6.43. The summed E-state index contributed by atoms with van der Waals surface area (Å²) in [4.78, 5) is 28.4. The van der Waals surface area contributed by atoms with Crippen LogP contribution in [0.15, 0.2) is 48.5 Å². The molecule has 7 nitrogen and oxygen atoms in total. The summed E-state index contributed by atoms with van der Waals surface area (Å²) >= 11 is 6.36.